The van der Waals surface area contributed by atoms with Crippen molar-refractivity contribution in [3.63, 3.8) is 0 Å². The van der Waals surface area contributed by atoms with Crippen LogP contribution in [0.15, 0.2) is 42.1 Å². The number of hydrogen-bond acceptors (Lipinski definition) is 6. The number of fused-ring (bicyclic) bond motifs is 1. The number of amides is 2. The van der Waals surface area contributed by atoms with Gasteiger partial charge in [0.05, 0.1) is 23.7 Å². The molecule has 194 valence electrons. The Morgan fingerprint density at radius 1 is 1.14 bits per heavy atom. The zero-order valence-electron chi connectivity index (χ0n) is 20.1. The summed E-state index contributed by atoms with van der Waals surface area (Å²) in [6.45, 7) is 2.05. The maximum atomic E-state index is 14.3. The van der Waals surface area contributed by atoms with Gasteiger partial charge in [0, 0.05) is 19.2 Å². The molecule has 12 heteroatoms. The lowest BCUT2D eigenvalue weighted by Gasteiger charge is -2.30. The minimum atomic E-state index is -0.800. The van der Waals surface area contributed by atoms with Crippen LogP contribution in [-0.2, 0) is 16.1 Å². The van der Waals surface area contributed by atoms with E-state index in [1.54, 1.807) is 0 Å². The van der Waals surface area contributed by atoms with Crippen LogP contribution in [0.25, 0.3) is 5.65 Å². The molecule has 0 spiro atoms. The van der Waals surface area contributed by atoms with Gasteiger partial charge in [-0.3, -0.25) is 14.4 Å². The van der Waals surface area contributed by atoms with Gasteiger partial charge in [-0.15, -0.1) is 0 Å². The Kier molecular flexibility index (Phi) is 7.53. The number of benzene rings is 1. The zero-order chi connectivity index (χ0) is 26.7. The standard InChI is InChI=1S/C25H24ClF2N5O4/c1-25(24(36)37-2)7-5-14(6-8-25)11-30-23(35)20-10-19(32-21-18(28)13-31-33(20)21)22(34)29-12-15-3-4-17(27)16(26)9-15/h3-5,9-10,13H,6-8,11-12H2,1-2H3,(H,29,34)(H,30,35). The van der Waals surface area contributed by atoms with Gasteiger partial charge in [0.25, 0.3) is 11.8 Å². The van der Waals surface area contributed by atoms with Gasteiger partial charge in [0.2, 0.25) is 0 Å². The molecule has 37 heavy (non-hydrogen) atoms. The molecule has 0 saturated carbocycles. The molecule has 1 unspecified atom stereocenters. The second-order valence-corrected chi connectivity index (χ2v) is 9.39. The summed E-state index contributed by atoms with van der Waals surface area (Å²) < 4.78 is 33.6. The number of halogens is 3. The van der Waals surface area contributed by atoms with Crippen LogP contribution in [0, 0.1) is 17.0 Å². The van der Waals surface area contributed by atoms with Crippen molar-refractivity contribution in [1.82, 2.24) is 25.2 Å². The fourth-order valence-electron chi connectivity index (χ4n) is 4.02. The molecule has 0 radical (unpaired) electrons. The number of rotatable bonds is 7. The average Bonchev–Trinajstić information content (AvgIpc) is 3.28. The number of carbonyl (C=O) groups is 3. The normalized spacial score (nSPS) is 17.3. The van der Waals surface area contributed by atoms with Gasteiger partial charge in [-0.1, -0.05) is 29.3 Å². The van der Waals surface area contributed by atoms with E-state index in [-0.39, 0.29) is 41.1 Å². The van der Waals surface area contributed by atoms with Crippen LogP contribution in [0.3, 0.4) is 0 Å². The lowest BCUT2D eigenvalue weighted by atomic mass is 9.76. The van der Waals surface area contributed by atoms with Crippen molar-refractivity contribution >= 4 is 35.0 Å². The van der Waals surface area contributed by atoms with E-state index in [0.717, 1.165) is 16.3 Å². The number of methoxy groups -OCH3 is 1. The second kappa shape index (κ2) is 10.6. The predicted octanol–water partition coefficient (Wildman–Crippen LogP) is 3.61. The van der Waals surface area contributed by atoms with E-state index < -0.39 is 28.9 Å². The van der Waals surface area contributed by atoms with Gasteiger partial charge in [-0.25, -0.2) is 18.3 Å². The summed E-state index contributed by atoms with van der Waals surface area (Å²) in [4.78, 5) is 41.8. The minimum Gasteiger partial charge on any atom is -0.469 e. The summed E-state index contributed by atoms with van der Waals surface area (Å²) in [5.41, 5.74) is 0.304. The van der Waals surface area contributed by atoms with Crippen LogP contribution < -0.4 is 10.6 Å². The molecule has 1 aliphatic rings. The number of nitrogens with one attached hydrogen (secondary N) is 2. The minimum absolute atomic E-state index is 0.00756. The molecule has 0 bridgehead atoms. The van der Waals surface area contributed by atoms with Crippen LogP contribution in [0.4, 0.5) is 8.78 Å². The third kappa shape index (κ3) is 5.61. The fourth-order valence-corrected chi connectivity index (χ4v) is 4.23. The van der Waals surface area contributed by atoms with E-state index in [2.05, 4.69) is 20.7 Å². The van der Waals surface area contributed by atoms with Crippen molar-refractivity contribution in [1.29, 1.82) is 0 Å². The number of allylic oxidation sites excluding steroid dienone is 1. The van der Waals surface area contributed by atoms with E-state index in [1.807, 2.05) is 13.0 Å². The Labute approximate surface area is 215 Å². The first-order valence-electron chi connectivity index (χ1n) is 11.4. The van der Waals surface area contributed by atoms with Crippen molar-refractivity contribution in [3.8, 4) is 0 Å². The molecule has 0 saturated heterocycles. The van der Waals surface area contributed by atoms with E-state index >= 15 is 0 Å². The third-order valence-electron chi connectivity index (χ3n) is 6.32. The lowest BCUT2D eigenvalue weighted by molar-refractivity contribution is -0.152. The molecule has 0 aliphatic heterocycles. The molecule has 2 heterocycles. The summed E-state index contributed by atoms with van der Waals surface area (Å²) >= 11 is 5.77. The van der Waals surface area contributed by atoms with Gasteiger partial charge >= 0.3 is 5.97 Å². The number of aromatic nitrogens is 3. The largest absolute Gasteiger partial charge is 0.469 e. The molecular weight excluding hydrogens is 508 g/mol. The van der Waals surface area contributed by atoms with E-state index in [1.165, 1.54) is 31.4 Å². The van der Waals surface area contributed by atoms with Gasteiger partial charge < -0.3 is 15.4 Å². The topological polar surface area (TPSA) is 115 Å². The second-order valence-electron chi connectivity index (χ2n) is 8.99. The average molecular weight is 532 g/mol. The van der Waals surface area contributed by atoms with Gasteiger partial charge in [-0.2, -0.15) is 5.10 Å². The highest BCUT2D eigenvalue weighted by atomic mass is 35.5. The molecule has 1 atom stereocenters. The molecule has 3 aromatic rings. The first kappa shape index (κ1) is 26.2. The molecular formula is C25H24ClF2N5O4. The number of hydrogen-bond donors (Lipinski definition) is 2. The first-order valence-corrected chi connectivity index (χ1v) is 11.8. The lowest BCUT2D eigenvalue weighted by Crippen LogP contribution is -2.33. The summed E-state index contributed by atoms with van der Waals surface area (Å²) in [5, 5.41) is 9.13. The molecule has 4 rings (SSSR count). The molecule has 1 aliphatic carbocycles. The Hall–Kier alpha value is -3.86. The Morgan fingerprint density at radius 3 is 2.57 bits per heavy atom. The van der Waals surface area contributed by atoms with E-state index in [4.69, 9.17) is 16.3 Å². The highest BCUT2D eigenvalue weighted by molar-refractivity contribution is 6.30. The van der Waals surface area contributed by atoms with Crippen molar-refractivity contribution in [3.05, 3.63) is 75.7 Å². The van der Waals surface area contributed by atoms with Crippen molar-refractivity contribution in [2.45, 2.75) is 32.7 Å². The van der Waals surface area contributed by atoms with Crippen molar-refractivity contribution in [2.75, 3.05) is 13.7 Å². The summed E-state index contributed by atoms with van der Waals surface area (Å²) in [6, 6.07) is 5.22. The van der Waals surface area contributed by atoms with Crippen LogP contribution >= 0.6 is 11.6 Å². The van der Waals surface area contributed by atoms with Gasteiger partial charge in [-0.05, 0) is 43.9 Å². The highest BCUT2D eigenvalue weighted by Gasteiger charge is 2.35. The SMILES string of the molecule is COC(=O)C1(C)CC=C(CNC(=O)c2cc(C(=O)NCc3ccc(F)c(Cl)c3)nc3c(F)cnn23)CC1. The quantitative estimate of drug-likeness (QED) is 0.355. The number of esters is 1. The highest BCUT2D eigenvalue weighted by Crippen LogP contribution is 2.35. The zero-order valence-corrected chi connectivity index (χ0v) is 20.9. The molecule has 1 aromatic carbocycles. The number of carbonyl (C=O) groups excluding carboxylic acids is 3. The number of nitrogens with zero attached hydrogens (tertiary/aromatic N) is 3. The Bertz CT molecular complexity index is 1420. The van der Waals surface area contributed by atoms with E-state index in [9.17, 15) is 23.2 Å². The van der Waals surface area contributed by atoms with Gasteiger partial charge in [0.1, 0.15) is 17.2 Å². The molecule has 0 fully saturated rings. The maximum absolute atomic E-state index is 14.3. The molecule has 2 aromatic heterocycles. The van der Waals surface area contributed by atoms with Gasteiger partial charge in [0.15, 0.2) is 11.5 Å². The maximum Gasteiger partial charge on any atom is 0.311 e. The fraction of sp³-hybridized carbons (Fsp3) is 0.320. The van der Waals surface area contributed by atoms with Crippen LogP contribution in [-0.4, -0.2) is 46.0 Å². The van der Waals surface area contributed by atoms with Crippen LogP contribution in [0.2, 0.25) is 5.02 Å². The molecule has 9 nitrogen and oxygen atoms in total. The smallest absolute Gasteiger partial charge is 0.311 e. The molecule has 2 N–H and O–H groups in total. The van der Waals surface area contributed by atoms with Crippen LogP contribution in [0.5, 0.6) is 0 Å². The van der Waals surface area contributed by atoms with Crippen LogP contribution in [0.1, 0.15) is 52.7 Å². The van der Waals surface area contributed by atoms with Crippen molar-refractivity contribution < 1.29 is 27.9 Å². The number of ether oxygens (including phenoxy) is 1. The monoisotopic (exact) mass is 531 g/mol. The predicted molar refractivity (Wildman–Crippen MR) is 130 cm³/mol. The van der Waals surface area contributed by atoms with Crippen molar-refractivity contribution in [2.24, 2.45) is 5.41 Å². The first-order chi connectivity index (χ1) is 17.6. The third-order valence-corrected chi connectivity index (χ3v) is 6.61. The Balaban J connectivity index is 1.49. The summed E-state index contributed by atoms with van der Waals surface area (Å²) in [7, 11) is 1.35. The Morgan fingerprint density at radius 2 is 1.89 bits per heavy atom. The summed E-state index contributed by atoms with van der Waals surface area (Å²) in [6.07, 6.45) is 4.46. The van der Waals surface area contributed by atoms with E-state index in [0.29, 0.717) is 24.8 Å². The summed E-state index contributed by atoms with van der Waals surface area (Å²) in [5.74, 6) is -2.92. The molecule has 2 amide bonds.